The zero-order chi connectivity index (χ0) is 23.3. The summed E-state index contributed by atoms with van der Waals surface area (Å²) >= 11 is 0. The molecule has 172 valence electrons. The molecule has 0 radical (unpaired) electrons. The van der Waals surface area contributed by atoms with Crippen molar-refractivity contribution in [3.63, 3.8) is 0 Å². The van der Waals surface area contributed by atoms with E-state index < -0.39 is 62.1 Å². The molecule has 0 aromatic heterocycles. The van der Waals surface area contributed by atoms with E-state index in [4.69, 9.17) is 25.2 Å². The summed E-state index contributed by atoms with van der Waals surface area (Å²) in [5.41, 5.74) is 0. The smallest absolute Gasteiger partial charge is 0.323 e. The van der Waals surface area contributed by atoms with E-state index in [0.717, 1.165) is 9.80 Å². The number of nitrogens with zero attached hydrogens (tertiary/aromatic N) is 3. The van der Waals surface area contributed by atoms with Crippen molar-refractivity contribution in [3.05, 3.63) is 0 Å². The number of carboxylic acids is 5. The third-order valence-electron chi connectivity index (χ3n) is 3.90. The van der Waals surface area contributed by atoms with Gasteiger partial charge in [0.25, 0.3) is 0 Å². The van der Waals surface area contributed by atoms with Gasteiger partial charge in [-0.3, -0.25) is 38.7 Å². The van der Waals surface area contributed by atoms with Crippen LogP contribution >= 0.6 is 0 Å². The van der Waals surface area contributed by atoms with Crippen LogP contribution in [0.3, 0.4) is 0 Å². The molecule has 0 saturated heterocycles. The van der Waals surface area contributed by atoms with E-state index in [1.165, 1.54) is 12.0 Å². The molecule has 0 aromatic rings. The molecule has 14 heteroatoms. The highest BCUT2D eigenvalue weighted by molar-refractivity contribution is 5.75. The molecule has 0 aliphatic heterocycles. The van der Waals surface area contributed by atoms with Gasteiger partial charge in [0.05, 0.1) is 32.8 Å². The Morgan fingerprint density at radius 3 is 1.47 bits per heavy atom. The normalized spacial score (nSPS) is 12.3. The average molecular weight is 437 g/mol. The summed E-state index contributed by atoms with van der Waals surface area (Å²) in [6, 6.07) is -1.27. The van der Waals surface area contributed by atoms with Crippen molar-refractivity contribution in [3.8, 4) is 0 Å². The van der Waals surface area contributed by atoms with Gasteiger partial charge in [-0.1, -0.05) is 0 Å². The number of rotatable bonds is 18. The SMILES string of the molecule is COCC(C(=O)O)N(CCN(CCN(CC(=O)O)CC(=O)O)CC(=O)O)CC(=O)O. The lowest BCUT2D eigenvalue weighted by Gasteiger charge is -2.30. The molecule has 5 N–H and O–H groups in total. The fourth-order valence-electron chi connectivity index (χ4n) is 2.62. The molecule has 1 atom stereocenters. The van der Waals surface area contributed by atoms with Crippen molar-refractivity contribution < 1.29 is 54.2 Å². The predicted octanol–water partition coefficient (Wildman–Crippen LogP) is -2.67. The van der Waals surface area contributed by atoms with Crippen LogP contribution in [-0.4, -0.2) is 142 Å². The molecule has 0 aromatic carbocycles. The van der Waals surface area contributed by atoms with Crippen LogP contribution in [0.5, 0.6) is 0 Å². The minimum absolute atomic E-state index is 0.0320. The van der Waals surface area contributed by atoms with Gasteiger partial charge >= 0.3 is 29.8 Å². The maximum Gasteiger partial charge on any atom is 0.323 e. The van der Waals surface area contributed by atoms with Crippen LogP contribution < -0.4 is 0 Å². The van der Waals surface area contributed by atoms with Crippen molar-refractivity contribution in [1.29, 1.82) is 0 Å². The number of carboxylic acid groups (broad SMARTS) is 5. The van der Waals surface area contributed by atoms with E-state index in [2.05, 4.69) is 0 Å². The Balaban J connectivity index is 5.19. The van der Waals surface area contributed by atoms with Crippen LogP contribution in [0.25, 0.3) is 0 Å². The zero-order valence-corrected chi connectivity index (χ0v) is 16.5. The molecule has 0 aliphatic rings. The topological polar surface area (TPSA) is 205 Å². The fraction of sp³-hybridized carbons (Fsp3) is 0.688. The Hall–Kier alpha value is -2.81. The second-order valence-corrected chi connectivity index (χ2v) is 6.34. The number of methoxy groups -OCH3 is 1. The van der Waals surface area contributed by atoms with Gasteiger partial charge in [-0.2, -0.15) is 0 Å². The first-order valence-corrected chi connectivity index (χ1v) is 8.73. The predicted molar refractivity (Wildman–Crippen MR) is 98.3 cm³/mol. The van der Waals surface area contributed by atoms with Crippen LogP contribution in [-0.2, 0) is 28.7 Å². The molecule has 0 fully saturated rings. The molecule has 14 nitrogen and oxygen atoms in total. The first kappa shape index (κ1) is 27.2. The number of hydrogen-bond acceptors (Lipinski definition) is 9. The first-order valence-electron chi connectivity index (χ1n) is 8.73. The van der Waals surface area contributed by atoms with Gasteiger partial charge in [-0.25, -0.2) is 0 Å². The van der Waals surface area contributed by atoms with E-state index in [1.807, 2.05) is 0 Å². The third kappa shape index (κ3) is 12.6. The molecule has 30 heavy (non-hydrogen) atoms. The van der Waals surface area contributed by atoms with Crippen LogP contribution in [0.1, 0.15) is 0 Å². The standard InChI is InChI=1S/C16H27N3O11/c1-30-10-11(16(28)29)19(9-15(26)27)5-4-17(6-12(20)21)2-3-18(7-13(22)23)8-14(24)25/h11H,2-10H2,1H3,(H,20,21)(H,22,23)(H,24,25)(H,26,27)(H,28,29). The lowest BCUT2D eigenvalue weighted by molar-refractivity contribution is -0.149. The number of hydrogen-bond donors (Lipinski definition) is 5. The second-order valence-electron chi connectivity index (χ2n) is 6.34. The monoisotopic (exact) mass is 437 g/mol. The van der Waals surface area contributed by atoms with E-state index in [1.54, 1.807) is 0 Å². The van der Waals surface area contributed by atoms with Gasteiger partial charge in [0.2, 0.25) is 0 Å². The minimum atomic E-state index is -1.31. The zero-order valence-electron chi connectivity index (χ0n) is 16.5. The largest absolute Gasteiger partial charge is 0.480 e. The average Bonchev–Trinajstić information content (AvgIpc) is 2.58. The van der Waals surface area contributed by atoms with E-state index >= 15 is 0 Å². The minimum Gasteiger partial charge on any atom is -0.480 e. The highest BCUT2D eigenvalue weighted by Gasteiger charge is 2.28. The Bertz CT molecular complexity index is 597. The third-order valence-corrected chi connectivity index (χ3v) is 3.90. The van der Waals surface area contributed by atoms with Gasteiger partial charge in [0.15, 0.2) is 0 Å². The van der Waals surface area contributed by atoms with Gasteiger partial charge in [-0.15, -0.1) is 0 Å². The molecule has 0 aliphatic carbocycles. The molecule has 0 spiro atoms. The molecule has 0 saturated carbocycles. The maximum atomic E-state index is 11.4. The number of aliphatic carboxylic acids is 5. The Morgan fingerprint density at radius 1 is 0.667 bits per heavy atom. The van der Waals surface area contributed by atoms with E-state index in [-0.39, 0.29) is 32.8 Å². The van der Waals surface area contributed by atoms with Crippen LogP contribution in [0.2, 0.25) is 0 Å². The van der Waals surface area contributed by atoms with Crippen LogP contribution in [0.15, 0.2) is 0 Å². The molecule has 0 bridgehead atoms. The van der Waals surface area contributed by atoms with E-state index in [9.17, 15) is 29.1 Å². The summed E-state index contributed by atoms with van der Waals surface area (Å²) in [6.45, 7) is -2.81. The number of ether oxygens (including phenoxy) is 1. The number of carbonyl (C=O) groups is 5. The summed E-state index contributed by atoms with van der Waals surface area (Å²) in [7, 11) is 1.26. The summed E-state index contributed by atoms with van der Waals surface area (Å²) in [5.74, 6) is -6.31. The Kier molecular flexibility index (Phi) is 12.9. The van der Waals surface area contributed by atoms with Gasteiger partial charge in [0, 0.05) is 33.3 Å². The molecular formula is C16H27N3O11. The van der Waals surface area contributed by atoms with Crippen molar-refractivity contribution in [2.75, 3.05) is 66.1 Å². The van der Waals surface area contributed by atoms with Crippen molar-refractivity contribution >= 4 is 29.8 Å². The molecule has 0 amide bonds. The van der Waals surface area contributed by atoms with Crippen LogP contribution in [0, 0.1) is 0 Å². The summed E-state index contributed by atoms with van der Waals surface area (Å²) in [5, 5.41) is 45.1. The fourth-order valence-corrected chi connectivity index (χ4v) is 2.62. The van der Waals surface area contributed by atoms with Crippen molar-refractivity contribution in [1.82, 2.24) is 14.7 Å². The van der Waals surface area contributed by atoms with Crippen molar-refractivity contribution in [2.45, 2.75) is 6.04 Å². The summed E-state index contributed by atoms with van der Waals surface area (Å²) in [4.78, 5) is 58.9. The summed E-state index contributed by atoms with van der Waals surface area (Å²) in [6.07, 6.45) is 0. The molecule has 0 rings (SSSR count). The highest BCUT2D eigenvalue weighted by atomic mass is 16.5. The maximum absolute atomic E-state index is 11.4. The summed E-state index contributed by atoms with van der Waals surface area (Å²) < 4.78 is 4.81. The lowest BCUT2D eigenvalue weighted by atomic mass is 10.2. The lowest BCUT2D eigenvalue weighted by Crippen LogP contribution is -2.50. The highest BCUT2D eigenvalue weighted by Crippen LogP contribution is 2.03. The molecular weight excluding hydrogens is 410 g/mol. The molecule has 1 unspecified atom stereocenters. The second kappa shape index (κ2) is 14.2. The van der Waals surface area contributed by atoms with E-state index in [0.29, 0.717) is 0 Å². The molecule has 0 heterocycles. The first-order chi connectivity index (χ1) is 14.0. The van der Waals surface area contributed by atoms with Crippen LogP contribution in [0.4, 0.5) is 0 Å². The van der Waals surface area contributed by atoms with Crippen molar-refractivity contribution in [2.24, 2.45) is 0 Å². The Labute approximate surface area is 171 Å². The van der Waals surface area contributed by atoms with Gasteiger partial charge in [-0.05, 0) is 0 Å². The van der Waals surface area contributed by atoms with Gasteiger partial charge in [0.1, 0.15) is 6.04 Å². The Morgan fingerprint density at radius 2 is 1.07 bits per heavy atom. The quantitative estimate of drug-likeness (QED) is 0.148. The van der Waals surface area contributed by atoms with Gasteiger partial charge < -0.3 is 30.3 Å².